The molecule has 5 nitrogen and oxygen atoms in total. The van der Waals surface area contributed by atoms with E-state index < -0.39 is 6.04 Å². The summed E-state index contributed by atoms with van der Waals surface area (Å²) in [5.74, 6) is 0.545. The average molecular weight is 354 g/mol. The molecule has 0 saturated carbocycles. The molecule has 0 unspecified atom stereocenters. The third-order valence-electron chi connectivity index (χ3n) is 4.29. The van der Waals surface area contributed by atoms with E-state index in [0.717, 1.165) is 16.9 Å². The van der Waals surface area contributed by atoms with Gasteiger partial charge in [-0.2, -0.15) is 0 Å². The van der Waals surface area contributed by atoms with Crippen LogP contribution in [0.3, 0.4) is 0 Å². The van der Waals surface area contributed by atoms with E-state index in [9.17, 15) is 9.59 Å². The van der Waals surface area contributed by atoms with Crippen LogP contribution in [0.4, 0.5) is 0 Å². The highest BCUT2D eigenvalue weighted by Gasteiger charge is 2.24. The van der Waals surface area contributed by atoms with Crippen molar-refractivity contribution in [1.29, 1.82) is 0 Å². The number of nitrogens with one attached hydrogen (secondary N) is 1. The molecule has 1 atom stereocenters. The summed E-state index contributed by atoms with van der Waals surface area (Å²) in [6.07, 6.45) is 0.354. The monoisotopic (exact) mass is 354 g/mol. The summed E-state index contributed by atoms with van der Waals surface area (Å²) < 4.78 is 5.16. The lowest BCUT2D eigenvalue weighted by Gasteiger charge is -2.28. The van der Waals surface area contributed by atoms with E-state index in [0.29, 0.717) is 19.5 Å². The Hall–Kier alpha value is -2.82. The van der Waals surface area contributed by atoms with Gasteiger partial charge < -0.3 is 15.0 Å². The number of amides is 2. The molecule has 0 fully saturated rings. The fourth-order valence-corrected chi connectivity index (χ4v) is 2.65. The zero-order valence-corrected chi connectivity index (χ0v) is 15.6. The van der Waals surface area contributed by atoms with Gasteiger partial charge in [-0.25, -0.2) is 0 Å². The van der Waals surface area contributed by atoms with Gasteiger partial charge in [0.2, 0.25) is 11.8 Å². The molecule has 0 saturated heterocycles. The van der Waals surface area contributed by atoms with Gasteiger partial charge in [0.1, 0.15) is 11.8 Å². The summed E-state index contributed by atoms with van der Waals surface area (Å²) in [6.45, 7) is 4.40. The molecular formula is C21H26N2O3. The molecule has 0 spiro atoms. The fraction of sp³-hybridized carbons (Fsp3) is 0.333. The smallest absolute Gasteiger partial charge is 0.242 e. The third-order valence-corrected chi connectivity index (χ3v) is 4.29. The maximum absolute atomic E-state index is 12.5. The van der Waals surface area contributed by atoms with Crippen LogP contribution in [0.1, 0.15) is 31.4 Å². The fourth-order valence-electron chi connectivity index (χ4n) is 2.65. The van der Waals surface area contributed by atoms with Crippen molar-refractivity contribution < 1.29 is 14.3 Å². The van der Waals surface area contributed by atoms with Crippen LogP contribution in [-0.4, -0.2) is 29.9 Å². The van der Waals surface area contributed by atoms with Crippen molar-refractivity contribution in [2.75, 3.05) is 7.11 Å². The Morgan fingerprint density at radius 3 is 2.27 bits per heavy atom. The number of carbonyl (C=O) groups excluding carboxylic acids is 2. The number of carbonyl (C=O) groups is 2. The van der Waals surface area contributed by atoms with Gasteiger partial charge in [0.15, 0.2) is 0 Å². The van der Waals surface area contributed by atoms with Gasteiger partial charge in [-0.15, -0.1) is 0 Å². The molecule has 138 valence electrons. The van der Waals surface area contributed by atoms with Crippen molar-refractivity contribution in [3.63, 3.8) is 0 Å². The second-order valence-electron chi connectivity index (χ2n) is 6.10. The van der Waals surface area contributed by atoms with Crippen LogP contribution >= 0.6 is 0 Å². The van der Waals surface area contributed by atoms with Crippen LogP contribution < -0.4 is 10.1 Å². The van der Waals surface area contributed by atoms with Crippen LogP contribution in [0.25, 0.3) is 0 Å². The van der Waals surface area contributed by atoms with Gasteiger partial charge in [0.25, 0.3) is 0 Å². The lowest BCUT2D eigenvalue weighted by molar-refractivity contribution is -0.140. The number of ether oxygens (including phenoxy) is 1. The molecule has 0 aliphatic rings. The third kappa shape index (κ3) is 5.34. The second-order valence-corrected chi connectivity index (χ2v) is 6.10. The zero-order chi connectivity index (χ0) is 18.9. The first kappa shape index (κ1) is 19.5. The molecule has 0 aliphatic heterocycles. The molecule has 0 radical (unpaired) electrons. The molecule has 0 heterocycles. The SMILES string of the molecule is CCC(=O)N(Cc1ccc(OC)cc1)[C@H](C)C(=O)NCc1ccccc1. The first-order valence-electron chi connectivity index (χ1n) is 8.79. The van der Waals surface area contributed by atoms with E-state index in [-0.39, 0.29) is 11.8 Å². The number of rotatable bonds is 8. The summed E-state index contributed by atoms with van der Waals surface area (Å²) in [5, 5.41) is 2.91. The van der Waals surface area contributed by atoms with Gasteiger partial charge in [-0.3, -0.25) is 9.59 Å². The molecule has 2 aromatic rings. The maximum atomic E-state index is 12.5. The molecule has 2 rings (SSSR count). The summed E-state index contributed by atoms with van der Waals surface area (Å²) in [7, 11) is 1.61. The van der Waals surface area contributed by atoms with E-state index in [4.69, 9.17) is 4.74 Å². The predicted octanol–water partition coefficient (Wildman–Crippen LogP) is 3.14. The normalized spacial score (nSPS) is 11.5. The van der Waals surface area contributed by atoms with Gasteiger partial charge in [0, 0.05) is 19.5 Å². The minimum Gasteiger partial charge on any atom is -0.497 e. The summed E-state index contributed by atoms with van der Waals surface area (Å²) >= 11 is 0. The molecular weight excluding hydrogens is 328 g/mol. The molecule has 5 heteroatoms. The highest BCUT2D eigenvalue weighted by atomic mass is 16.5. The molecule has 2 amide bonds. The van der Waals surface area contributed by atoms with Crippen LogP contribution in [0, 0.1) is 0 Å². The Morgan fingerprint density at radius 2 is 1.69 bits per heavy atom. The largest absolute Gasteiger partial charge is 0.497 e. The molecule has 2 aromatic carbocycles. The topological polar surface area (TPSA) is 58.6 Å². The maximum Gasteiger partial charge on any atom is 0.242 e. The number of hydrogen-bond donors (Lipinski definition) is 1. The van der Waals surface area contributed by atoms with Crippen molar-refractivity contribution in [1.82, 2.24) is 10.2 Å². The lowest BCUT2D eigenvalue weighted by Crippen LogP contribution is -2.47. The number of nitrogens with zero attached hydrogens (tertiary/aromatic N) is 1. The van der Waals surface area contributed by atoms with Crippen LogP contribution in [0.15, 0.2) is 54.6 Å². The van der Waals surface area contributed by atoms with Crippen molar-refractivity contribution in [2.24, 2.45) is 0 Å². The van der Waals surface area contributed by atoms with Crippen molar-refractivity contribution in [3.05, 3.63) is 65.7 Å². The van der Waals surface area contributed by atoms with E-state index in [2.05, 4.69) is 5.32 Å². The quantitative estimate of drug-likeness (QED) is 0.792. The predicted molar refractivity (Wildman–Crippen MR) is 102 cm³/mol. The Kier molecular flexibility index (Phi) is 7.21. The van der Waals surface area contributed by atoms with Gasteiger partial charge in [-0.1, -0.05) is 49.4 Å². The minimum atomic E-state index is -0.548. The van der Waals surface area contributed by atoms with E-state index in [1.807, 2.05) is 54.6 Å². The molecule has 0 aliphatic carbocycles. The number of benzene rings is 2. The van der Waals surface area contributed by atoms with Crippen molar-refractivity contribution >= 4 is 11.8 Å². The minimum absolute atomic E-state index is 0.0526. The number of methoxy groups -OCH3 is 1. The average Bonchev–Trinajstić information content (AvgIpc) is 2.70. The van der Waals surface area contributed by atoms with Crippen LogP contribution in [0.2, 0.25) is 0 Å². The van der Waals surface area contributed by atoms with Crippen LogP contribution in [-0.2, 0) is 22.7 Å². The zero-order valence-electron chi connectivity index (χ0n) is 15.6. The first-order valence-corrected chi connectivity index (χ1v) is 8.79. The Balaban J connectivity index is 2.04. The standard InChI is InChI=1S/C21H26N2O3/c1-4-20(24)23(15-18-10-12-19(26-3)13-11-18)16(2)21(25)22-14-17-8-6-5-7-9-17/h5-13,16H,4,14-15H2,1-3H3,(H,22,25)/t16-/m1/s1. The van der Waals surface area contributed by atoms with Crippen molar-refractivity contribution in [3.8, 4) is 5.75 Å². The highest BCUT2D eigenvalue weighted by Crippen LogP contribution is 2.15. The molecule has 0 aromatic heterocycles. The summed E-state index contributed by atoms with van der Waals surface area (Å²) in [6, 6.07) is 16.7. The molecule has 26 heavy (non-hydrogen) atoms. The van der Waals surface area contributed by atoms with E-state index in [1.165, 1.54) is 0 Å². The summed E-state index contributed by atoms with van der Waals surface area (Å²) in [5.41, 5.74) is 1.98. The van der Waals surface area contributed by atoms with E-state index >= 15 is 0 Å². The van der Waals surface area contributed by atoms with Gasteiger partial charge >= 0.3 is 0 Å². The summed E-state index contributed by atoms with van der Waals surface area (Å²) in [4.78, 5) is 26.5. The van der Waals surface area contributed by atoms with Crippen molar-refractivity contribution in [2.45, 2.75) is 39.4 Å². The van der Waals surface area contributed by atoms with E-state index in [1.54, 1.807) is 25.9 Å². The highest BCUT2D eigenvalue weighted by molar-refractivity contribution is 5.87. The van der Waals surface area contributed by atoms with Gasteiger partial charge in [-0.05, 0) is 30.2 Å². The molecule has 0 bridgehead atoms. The Morgan fingerprint density at radius 1 is 1.04 bits per heavy atom. The Bertz CT molecular complexity index is 714. The lowest BCUT2D eigenvalue weighted by atomic mass is 10.1. The number of hydrogen-bond acceptors (Lipinski definition) is 3. The second kappa shape index (κ2) is 9.61. The van der Waals surface area contributed by atoms with Gasteiger partial charge in [0.05, 0.1) is 7.11 Å². The first-order chi connectivity index (χ1) is 12.5. The Labute approximate surface area is 155 Å². The van der Waals surface area contributed by atoms with Crippen LogP contribution in [0.5, 0.6) is 5.75 Å². The molecule has 1 N–H and O–H groups in total.